The predicted octanol–water partition coefficient (Wildman–Crippen LogP) is 2.19. The van der Waals surface area contributed by atoms with Crippen molar-refractivity contribution in [1.29, 1.82) is 0 Å². The molecule has 1 saturated heterocycles. The van der Waals surface area contributed by atoms with Gasteiger partial charge in [-0.05, 0) is 31.0 Å². The normalized spacial score (nSPS) is 17.6. The summed E-state index contributed by atoms with van der Waals surface area (Å²) in [5, 5.41) is 2.80. The van der Waals surface area contributed by atoms with Crippen molar-refractivity contribution in [2.75, 3.05) is 25.1 Å². The fourth-order valence-electron chi connectivity index (χ4n) is 2.07. The highest BCUT2D eigenvalue weighted by Gasteiger charge is 2.15. The smallest absolute Gasteiger partial charge is 0.226 e. The molecule has 0 bridgehead atoms. The molecule has 1 N–H and O–H groups in total. The first-order valence-electron chi connectivity index (χ1n) is 6.84. The molecule has 1 fully saturated rings. The molecule has 0 unspecified atom stereocenters. The van der Waals surface area contributed by atoms with Crippen LogP contribution in [0.1, 0.15) is 24.8 Å². The van der Waals surface area contributed by atoms with Crippen molar-refractivity contribution >= 4 is 11.6 Å². The van der Waals surface area contributed by atoms with E-state index in [1.54, 1.807) is 6.07 Å². The summed E-state index contributed by atoms with van der Waals surface area (Å²) in [6.45, 7) is 1.79. The number of ether oxygens (including phenoxy) is 2. The van der Waals surface area contributed by atoms with E-state index < -0.39 is 0 Å². The summed E-state index contributed by atoms with van der Waals surface area (Å²) >= 11 is 0. The van der Waals surface area contributed by atoms with Gasteiger partial charge >= 0.3 is 0 Å². The van der Waals surface area contributed by atoms with Gasteiger partial charge in [0.1, 0.15) is 0 Å². The summed E-state index contributed by atoms with van der Waals surface area (Å²) in [6, 6.07) is 7.22. The Morgan fingerprint density at radius 1 is 1.55 bits per heavy atom. The Bertz CT molecular complexity index is 487. The maximum Gasteiger partial charge on any atom is 0.226 e. The maximum atomic E-state index is 11.7. The van der Waals surface area contributed by atoms with Crippen molar-refractivity contribution in [3.05, 3.63) is 29.8 Å². The zero-order valence-electron chi connectivity index (χ0n) is 11.4. The van der Waals surface area contributed by atoms with E-state index >= 15 is 0 Å². The molecule has 1 atom stereocenters. The Morgan fingerprint density at radius 2 is 2.45 bits per heavy atom. The Balaban J connectivity index is 1.65. The van der Waals surface area contributed by atoms with Crippen LogP contribution in [-0.2, 0) is 14.3 Å². The molecule has 1 heterocycles. The van der Waals surface area contributed by atoms with E-state index in [1.807, 2.05) is 18.2 Å². The second-order valence-electron chi connectivity index (χ2n) is 4.73. The quantitative estimate of drug-likeness (QED) is 0.638. The van der Waals surface area contributed by atoms with Crippen molar-refractivity contribution in [2.45, 2.75) is 25.4 Å². The number of carbonyl (C=O) groups is 1. The molecule has 0 aromatic heterocycles. The molecule has 0 radical (unpaired) electrons. The van der Waals surface area contributed by atoms with E-state index in [9.17, 15) is 4.79 Å². The van der Waals surface area contributed by atoms with Crippen molar-refractivity contribution < 1.29 is 14.3 Å². The van der Waals surface area contributed by atoms with Crippen LogP contribution in [0.5, 0.6) is 0 Å². The second kappa shape index (κ2) is 7.68. The molecule has 20 heavy (non-hydrogen) atoms. The molecule has 0 spiro atoms. The summed E-state index contributed by atoms with van der Waals surface area (Å²) in [5.41, 5.74) is 1.46. The van der Waals surface area contributed by atoms with Crippen molar-refractivity contribution in [2.24, 2.45) is 0 Å². The lowest BCUT2D eigenvalue weighted by molar-refractivity contribution is -0.117. The standard InChI is InChI=1S/C16H19NO3/c1-2-13-5-3-6-14(11-13)17-16(18)8-10-19-12-15-7-4-9-20-15/h1,3,5-6,11,15H,4,7-10,12H2,(H,17,18)/t15-/m0/s1. The summed E-state index contributed by atoms with van der Waals surface area (Å²) < 4.78 is 10.9. The number of hydrogen-bond donors (Lipinski definition) is 1. The Labute approximate surface area is 119 Å². The van der Waals surface area contributed by atoms with Gasteiger partial charge in [0.15, 0.2) is 0 Å². The molecule has 1 aromatic rings. The van der Waals surface area contributed by atoms with Crippen LogP contribution in [0.2, 0.25) is 0 Å². The third-order valence-corrected chi connectivity index (χ3v) is 3.11. The van der Waals surface area contributed by atoms with Gasteiger partial charge in [-0.25, -0.2) is 0 Å². The average molecular weight is 273 g/mol. The lowest BCUT2D eigenvalue weighted by Crippen LogP contribution is -2.18. The Hall–Kier alpha value is -1.83. The minimum atomic E-state index is -0.0773. The van der Waals surface area contributed by atoms with E-state index in [4.69, 9.17) is 15.9 Å². The molecular weight excluding hydrogens is 254 g/mol. The van der Waals surface area contributed by atoms with Gasteiger partial charge in [0.2, 0.25) is 5.91 Å². The number of anilines is 1. The number of amides is 1. The molecule has 0 saturated carbocycles. The van der Waals surface area contributed by atoms with Gasteiger partial charge in [-0.15, -0.1) is 6.42 Å². The van der Waals surface area contributed by atoms with E-state index in [1.165, 1.54) is 0 Å². The average Bonchev–Trinajstić information content (AvgIpc) is 2.97. The number of carbonyl (C=O) groups excluding carboxylic acids is 1. The summed E-state index contributed by atoms with van der Waals surface area (Å²) in [4.78, 5) is 11.7. The SMILES string of the molecule is C#Cc1cccc(NC(=O)CCOC[C@@H]2CCCO2)c1. The van der Waals surface area contributed by atoms with Gasteiger partial charge in [0, 0.05) is 17.9 Å². The van der Waals surface area contributed by atoms with Crippen LogP contribution < -0.4 is 5.32 Å². The van der Waals surface area contributed by atoms with E-state index in [2.05, 4.69) is 11.2 Å². The third-order valence-electron chi connectivity index (χ3n) is 3.11. The molecular formula is C16H19NO3. The van der Waals surface area contributed by atoms with Crippen LogP contribution >= 0.6 is 0 Å². The molecule has 1 amide bonds. The fraction of sp³-hybridized carbons (Fsp3) is 0.438. The van der Waals surface area contributed by atoms with Crippen molar-refractivity contribution in [3.8, 4) is 12.3 Å². The van der Waals surface area contributed by atoms with Gasteiger partial charge in [0.05, 0.1) is 25.7 Å². The zero-order valence-corrected chi connectivity index (χ0v) is 11.4. The highest BCUT2D eigenvalue weighted by atomic mass is 16.5. The topological polar surface area (TPSA) is 47.6 Å². The van der Waals surface area contributed by atoms with Crippen molar-refractivity contribution in [3.63, 3.8) is 0 Å². The minimum absolute atomic E-state index is 0.0773. The van der Waals surface area contributed by atoms with Gasteiger partial charge in [-0.3, -0.25) is 4.79 Å². The van der Waals surface area contributed by atoms with Crippen molar-refractivity contribution in [1.82, 2.24) is 0 Å². The summed E-state index contributed by atoms with van der Waals surface area (Å²) in [7, 11) is 0. The van der Waals surface area contributed by atoms with E-state index in [0.717, 1.165) is 25.0 Å². The molecule has 1 aliphatic rings. The van der Waals surface area contributed by atoms with Gasteiger partial charge < -0.3 is 14.8 Å². The fourth-order valence-corrected chi connectivity index (χ4v) is 2.07. The van der Waals surface area contributed by atoms with Crippen LogP contribution in [0.15, 0.2) is 24.3 Å². The molecule has 106 valence electrons. The lowest BCUT2D eigenvalue weighted by Gasteiger charge is -2.10. The van der Waals surface area contributed by atoms with E-state index in [-0.39, 0.29) is 12.0 Å². The molecule has 4 heteroatoms. The largest absolute Gasteiger partial charge is 0.378 e. The number of rotatable bonds is 6. The summed E-state index contributed by atoms with van der Waals surface area (Å²) in [5.74, 6) is 2.46. The number of terminal acetylenes is 1. The monoisotopic (exact) mass is 273 g/mol. The van der Waals surface area contributed by atoms with Crippen LogP contribution in [0.4, 0.5) is 5.69 Å². The number of nitrogens with one attached hydrogen (secondary N) is 1. The lowest BCUT2D eigenvalue weighted by atomic mass is 10.2. The molecule has 1 aromatic carbocycles. The Morgan fingerprint density at radius 3 is 3.20 bits per heavy atom. The molecule has 4 nitrogen and oxygen atoms in total. The summed E-state index contributed by atoms with van der Waals surface area (Å²) in [6.07, 6.45) is 7.98. The molecule has 2 rings (SSSR count). The first kappa shape index (κ1) is 14.6. The zero-order chi connectivity index (χ0) is 14.2. The van der Waals surface area contributed by atoms with Gasteiger partial charge in [0.25, 0.3) is 0 Å². The van der Waals surface area contributed by atoms with Crippen LogP contribution in [0, 0.1) is 12.3 Å². The molecule has 0 aliphatic carbocycles. The highest BCUT2D eigenvalue weighted by molar-refractivity contribution is 5.90. The van der Waals surface area contributed by atoms with Crippen LogP contribution in [0.25, 0.3) is 0 Å². The van der Waals surface area contributed by atoms with E-state index in [0.29, 0.717) is 25.3 Å². The predicted molar refractivity (Wildman–Crippen MR) is 77.4 cm³/mol. The number of benzene rings is 1. The van der Waals surface area contributed by atoms with Crippen LogP contribution in [-0.4, -0.2) is 31.8 Å². The van der Waals surface area contributed by atoms with Gasteiger partial charge in [-0.1, -0.05) is 12.0 Å². The second-order valence-corrected chi connectivity index (χ2v) is 4.73. The third kappa shape index (κ3) is 4.69. The Kier molecular flexibility index (Phi) is 5.60. The van der Waals surface area contributed by atoms with Gasteiger partial charge in [-0.2, -0.15) is 0 Å². The minimum Gasteiger partial charge on any atom is -0.378 e. The van der Waals surface area contributed by atoms with Crippen LogP contribution in [0.3, 0.4) is 0 Å². The highest BCUT2D eigenvalue weighted by Crippen LogP contribution is 2.12. The number of hydrogen-bond acceptors (Lipinski definition) is 3. The first-order chi connectivity index (χ1) is 9.78. The first-order valence-corrected chi connectivity index (χ1v) is 6.84. The molecule has 1 aliphatic heterocycles. The maximum absolute atomic E-state index is 11.7.